The van der Waals surface area contributed by atoms with Gasteiger partial charge in [0.1, 0.15) is 13.2 Å². The van der Waals surface area contributed by atoms with E-state index >= 15 is 0 Å². The standard InChI is InChI=1S/C23H21N3O6S/c27-22(13-16-5-2-1-3-6-16)24-25-23(28)17-7-4-8-18(14-17)26-33(29,30)19-9-10-20-21(15-19)32-12-11-31-20/h1-10,14-15,26H,11-13H2,(H,24,27)(H,25,28). The predicted octanol–water partition coefficient (Wildman–Crippen LogP) is 2.26. The lowest BCUT2D eigenvalue weighted by atomic mass is 10.1. The Kier molecular flexibility index (Phi) is 6.45. The van der Waals surface area contributed by atoms with Crippen LogP contribution < -0.4 is 25.0 Å². The van der Waals surface area contributed by atoms with Gasteiger partial charge in [0.05, 0.1) is 11.3 Å². The van der Waals surface area contributed by atoms with Crippen LogP contribution in [-0.4, -0.2) is 33.4 Å². The Bertz CT molecular complexity index is 1280. The number of fused-ring (bicyclic) bond motifs is 1. The third-order valence-corrected chi connectivity index (χ3v) is 6.10. The molecule has 0 saturated carbocycles. The Morgan fingerprint density at radius 3 is 2.36 bits per heavy atom. The SMILES string of the molecule is O=C(Cc1ccccc1)NNC(=O)c1cccc(NS(=O)(=O)c2ccc3c(c2)OCCO3)c1. The van der Waals surface area contributed by atoms with Gasteiger partial charge in [0.2, 0.25) is 5.91 Å². The van der Waals surface area contributed by atoms with Gasteiger partial charge in [0, 0.05) is 17.3 Å². The molecule has 10 heteroatoms. The average Bonchev–Trinajstić information content (AvgIpc) is 2.83. The van der Waals surface area contributed by atoms with Gasteiger partial charge >= 0.3 is 0 Å². The van der Waals surface area contributed by atoms with Crippen LogP contribution in [0, 0.1) is 0 Å². The third kappa shape index (κ3) is 5.60. The number of amides is 2. The number of ether oxygens (including phenoxy) is 2. The van der Waals surface area contributed by atoms with Gasteiger partial charge in [-0.3, -0.25) is 25.2 Å². The first-order valence-electron chi connectivity index (χ1n) is 10.1. The van der Waals surface area contributed by atoms with Crippen molar-refractivity contribution in [3.8, 4) is 11.5 Å². The van der Waals surface area contributed by atoms with E-state index in [1.54, 1.807) is 12.1 Å². The molecule has 0 bridgehead atoms. The molecule has 33 heavy (non-hydrogen) atoms. The van der Waals surface area contributed by atoms with Crippen LogP contribution in [0.2, 0.25) is 0 Å². The Hall–Kier alpha value is -4.05. The van der Waals surface area contributed by atoms with E-state index < -0.39 is 15.9 Å². The van der Waals surface area contributed by atoms with Crippen molar-refractivity contribution in [1.29, 1.82) is 0 Å². The van der Waals surface area contributed by atoms with Crippen LogP contribution in [-0.2, 0) is 21.2 Å². The largest absolute Gasteiger partial charge is 0.486 e. The van der Waals surface area contributed by atoms with Crippen molar-refractivity contribution in [3.63, 3.8) is 0 Å². The molecular formula is C23H21N3O6S. The van der Waals surface area contributed by atoms with Crippen molar-refractivity contribution >= 4 is 27.5 Å². The van der Waals surface area contributed by atoms with Crippen molar-refractivity contribution in [1.82, 2.24) is 10.9 Å². The Balaban J connectivity index is 1.40. The van der Waals surface area contributed by atoms with Crippen molar-refractivity contribution in [2.45, 2.75) is 11.3 Å². The fraction of sp³-hybridized carbons (Fsp3) is 0.130. The number of carbonyl (C=O) groups is 2. The molecule has 4 rings (SSSR count). The van der Waals surface area contributed by atoms with E-state index in [4.69, 9.17) is 9.47 Å². The molecular weight excluding hydrogens is 446 g/mol. The zero-order chi connectivity index (χ0) is 23.3. The highest BCUT2D eigenvalue weighted by Gasteiger charge is 2.20. The number of sulfonamides is 1. The predicted molar refractivity (Wildman–Crippen MR) is 120 cm³/mol. The third-order valence-electron chi connectivity index (χ3n) is 4.72. The summed E-state index contributed by atoms with van der Waals surface area (Å²) in [5, 5.41) is 0. The van der Waals surface area contributed by atoms with Crippen molar-refractivity contribution in [3.05, 3.63) is 83.9 Å². The Labute approximate surface area is 190 Å². The Morgan fingerprint density at radius 2 is 1.58 bits per heavy atom. The number of rotatable bonds is 6. The van der Waals surface area contributed by atoms with E-state index in [2.05, 4.69) is 15.6 Å². The molecule has 0 fully saturated rings. The van der Waals surface area contributed by atoms with Gasteiger partial charge in [0.15, 0.2) is 11.5 Å². The second-order valence-corrected chi connectivity index (χ2v) is 8.84. The molecule has 0 saturated heterocycles. The van der Waals surface area contributed by atoms with Gasteiger partial charge in [-0.25, -0.2) is 8.42 Å². The maximum absolute atomic E-state index is 12.8. The minimum absolute atomic E-state index is 0.00483. The zero-order valence-corrected chi connectivity index (χ0v) is 18.2. The monoisotopic (exact) mass is 467 g/mol. The fourth-order valence-electron chi connectivity index (χ4n) is 3.15. The lowest BCUT2D eigenvalue weighted by Gasteiger charge is -2.19. The minimum atomic E-state index is -3.94. The van der Waals surface area contributed by atoms with E-state index in [-0.39, 0.29) is 28.5 Å². The quantitative estimate of drug-likeness (QED) is 0.478. The summed E-state index contributed by atoms with van der Waals surface area (Å²) in [5.74, 6) is -0.140. The molecule has 170 valence electrons. The van der Waals surface area contributed by atoms with Gasteiger partial charge in [-0.2, -0.15) is 0 Å². The van der Waals surface area contributed by atoms with E-state index in [0.29, 0.717) is 24.7 Å². The molecule has 0 radical (unpaired) electrons. The van der Waals surface area contributed by atoms with Crippen LogP contribution >= 0.6 is 0 Å². The van der Waals surface area contributed by atoms with Crippen LogP contribution in [0.15, 0.2) is 77.7 Å². The van der Waals surface area contributed by atoms with Gasteiger partial charge in [-0.1, -0.05) is 36.4 Å². The Morgan fingerprint density at radius 1 is 0.818 bits per heavy atom. The van der Waals surface area contributed by atoms with Crippen molar-refractivity contribution in [2.75, 3.05) is 17.9 Å². The first-order valence-corrected chi connectivity index (χ1v) is 11.5. The molecule has 0 aromatic heterocycles. The van der Waals surface area contributed by atoms with Gasteiger partial charge in [0.25, 0.3) is 15.9 Å². The van der Waals surface area contributed by atoms with Crippen LogP contribution in [0.5, 0.6) is 11.5 Å². The molecule has 1 aliphatic heterocycles. The summed E-state index contributed by atoms with van der Waals surface area (Å²) in [7, 11) is -3.94. The summed E-state index contributed by atoms with van der Waals surface area (Å²) >= 11 is 0. The molecule has 1 aliphatic rings. The fourth-order valence-corrected chi connectivity index (χ4v) is 4.22. The smallest absolute Gasteiger partial charge is 0.269 e. The summed E-state index contributed by atoms with van der Waals surface area (Å²) in [6, 6.07) is 19.3. The van der Waals surface area contributed by atoms with Crippen LogP contribution in [0.25, 0.3) is 0 Å². The lowest BCUT2D eigenvalue weighted by Crippen LogP contribution is -2.42. The molecule has 2 amide bonds. The number of hydrazine groups is 1. The first-order chi connectivity index (χ1) is 15.9. The van der Waals surface area contributed by atoms with E-state index in [1.165, 1.54) is 42.5 Å². The van der Waals surface area contributed by atoms with E-state index in [1.807, 2.05) is 18.2 Å². The van der Waals surface area contributed by atoms with Crippen molar-refractivity contribution < 1.29 is 27.5 Å². The average molecular weight is 468 g/mol. The van der Waals surface area contributed by atoms with Crippen LogP contribution in [0.4, 0.5) is 5.69 Å². The topological polar surface area (TPSA) is 123 Å². The van der Waals surface area contributed by atoms with Gasteiger partial charge < -0.3 is 9.47 Å². The second kappa shape index (κ2) is 9.61. The molecule has 0 atom stereocenters. The summed E-state index contributed by atoms with van der Waals surface area (Å²) < 4.78 is 38.9. The molecule has 0 aliphatic carbocycles. The van der Waals surface area contributed by atoms with Crippen LogP contribution in [0.1, 0.15) is 15.9 Å². The number of carbonyl (C=O) groups excluding carboxylic acids is 2. The number of anilines is 1. The number of nitrogens with one attached hydrogen (secondary N) is 3. The number of hydrogen-bond donors (Lipinski definition) is 3. The molecule has 1 heterocycles. The highest BCUT2D eigenvalue weighted by molar-refractivity contribution is 7.92. The molecule has 0 spiro atoms. The molecule has 3 aromatic rings. The molecule has 3 N–H and O–H groups in total. The van der Waals surface area contributed by atoms with E-state index in [9.17, 15) is 18.0 Å². The number of hydrogen-bond acceptors (Lipinski definition) is 6. The van der Waals surface area contributed by atoms with Crippen molar-refractivity contribution in [2.24, 2.45) is 0 Å². The number of benzene rings is 3. The first kappa shape index (κ1) is 22.2. The molecule has 3 aromatic carbocycles. The second-order valence-electron chi connectivity index (χ2n) is 7.16. The summed E-state index contributed by atoms with van der Waals surface area (Å²) in [6.45, 7) is 0.738. The summed E-state index contributed by atoms with van der Waals surface area (Å²) in [5.41, 5.74) is 5.84. The zero-order valence-electron chi connectivity index (χ0n) is 17.4. The van der Waals surface area contributed by atoms with Crippen LogP contribution in [0.3, 0.4) is 0 Å². The van der Waals surface area contributed by atoms with Gasteiger partial charge in [-0.05, 0) is 35.9 Å². The van der Waals surface area contributed by atoms with E-state index in [0.717, 1.165) is 5.56 Å². The maximum Gasteiger partial charge on any atom is 0.269 e. The maximum atomic E-state index is 12.8. The normalized spacial score (nSPS) is 12.5. The lowest BCUT2D eigenvalue weighted by molar-refractivity contribution is -0.121. The summed E-state index contributed by atoms with van der Waals surface area (Å²) in [6.07, 6.45) is 0.108. The highest BCUT2D eigenvalue weighted by Crippen LogP contribution is 2.32. The molecule has 0 unspecified atom stereocenters. The van der Waals surface area contributed by atoms with Gasteiger partial charge in [-0.15, -0.1) is 0 Å². The minimum Gasteiger partial charge on any atom is -0.486 e. The molecule has 9 nitrogen and oxygen atoms in total. The highest BCUT2D eigenvalue weighted by atomic mass is 32.2. The summed E-state index contributed by atoms with van der Waals surface area (Å²) in [4.78, 5) is 24.4.